The number of unbranched alkanes of at least 4 members (excludes halogenated alkanes) is 2. The molecule has 1 saturated heterocycles. The summed E-state index contributed by atoms with van der Waals surface area (Å²) in [5.74, 6) is -0.0942. The number of hydrogen-bond donors (Lipinski definition) is 0. The summed E-state index contributed by atoms with van der Waals surface area (Å²) in [5.41, 5.74) is 0.676. The van der Waals surface area contributed by atoms with Crippen LogP contribution in [-0.4, -0.2) is 13.2 Å². The molecule has 1 fully saturated rings. The van der Waals surface area contributed by atoms with Gasteiger partial charge in [0, 0.05) is 11.5 Å². The highest BCUT2D eigenvalue weighted by atomic mass is 19.1. The minimum absolute atomic E-state index is 0.0435. The lowest BCUT2D eigenvalue weighted by Crippen LogP contribution is -2.27. The third kappa shape index (κ3) is 3.78. The van der Waals surface area contributed by atoms with Gasteiger partial charge in [0.1, 0.15) is 11.9 Å². The molecule has 0 saturated carbocycles. The van der Waals surface area contributed by atoms with Gasteiger partial charge in [-0.15, -0.1) is 0 Å². The van der Waals surface area contributed by atoms with Gasteiger partial charge in [-0.1, -0.05) is 32.3 Å². The second kappa shape index (κ2) is 7.37. The third-order valence-electron chi connectivity index (χ3n) is 3.57. The van der Waals surface area contributed by atoms with Gasteiger partial charge < -0.3 is 9.47 Å². The van der Waals surface area contributed by atoms with Gasteiger partial charge in [0.15, 0.2) is 6.29 Å². The Hall–Kier alpha value is -1.44. The molecule has 0 bridgehead atoms. The van der Waals surface area contributed by atoms with Crippen LogP contribution in [-0.2, 0) is 9.47 Å². The van der Waals surface area contributed by atoms with Gasteiger partial charge in [-0.2, -0.15) is 5.26 Å². The summed E-state index contributed by atoms with van der Waals surface area (Å²) in [6, 6.07) is 6.27. The summed E-state index contributed by atoms with van der Waals surface area (Å²) in [7, 11) is 0. The van der Waals surface area contributed by atoms with Crippen molar-refractivity contribution in [1.82, 2.24) is 0 Å². The van der Waals surface area contributed by atoms with E-state index in [-0.39, 0.29) is 5.56 Å². The van der Waals surface area contributed by atoms with Gasteiger partial charge in [-0.3, -0.25) is 0 Å². The van der Waals surface area contributed by atoms with E-state index < -0.39 is 12.1 Å². The summed E-state index contributed by atoms with van der Waals surface area (Å²) in [6.07, 6.45) is 4.24. The lowest BCUT2D eigenvalue weighted by molar-refractivity contribution is -0.206. The van der Waals surface area contributed by atoms with Crippen LogP contribution < -0.4 is 0 Å². The fourth-order valence-corrected chi connectivity index (χ4v) is 2.35. The number of hydrogen-bond acceptors (Lipinski definition) is 3. The van der Waals surface area contributed by atoms with Gasteiger partial charge in [-0.05, 0) is 18.6 Å². The quantitative estimate of drug-likeness (QED) is 0.765. The molecule has 0 atom stereocenters. The molecule has 2 rings (SSSR count). The van der Waals surface area contributed by atoms with Crippen LogP contribution in [0.4, 0.5) is 4.39 Å². The average molecular weight is 277 g/mol. The molecule has 20 heavy (non-hydrogen) atoms. The van der Waals surface area contributed by atoms with Crippen LogP contribution in [0.3, 0.4) is 0 Å². The van der Waals surface area contributed by atoms with Crippen molar-refractivity contribution in [3.05, 3.63) is 35.1 Å². The summed E-state index contributed by atoms with van der Waals surface area (Å²) in [5, 5.41) is 8.70. The number of rotatable bonds is 5. The van der Waals surface area contributed by atoms with Crippen molar-refractivity contribution in [1.29, 1.82) is 5.26 Å². The van der Waals surface area contributed by atoms with E-state index in [1.54, 1.807) is 12.1 Å². The molecule has 0 radical (unpaired) electrons. The number of halogens is 1. The maximum atomic E-state index is 13.6. The molecule has 0 aliphatic carbocycles. The summed E-state index contributed by atoms with van der Waals surface area (Å²) in [4.78, 5) is 0. The smallest absolute Gasteiger partial charge is 0.183 e. The topological polar surface area (TPSA) is 42.2 Å². The van der Waals surface area contributed by atoms with Crippen LogP contribution in [0.5, 0.6) is 0 Å². The Bertz CT molecular complexity index is 476. The lowest BCUT2D eigenvalue weighted by atomic mass is 10.0. The predicted octanol–water partition coefficient (Wildman–Crippen LogP) is 3.94. The van der Waals surface area contributed by atoms with Gasteiger partial charge in [0.05, 0.1) is 18.8 Å². The first-order valence-corrected chi connectivity index (χ1v) is 7.17. The predicted molar refractivity (Wildman–Crippen MR) is 73.4 cm³/mol. The van der Waals surface area contributed by atoms with Crippen LogP contribution >= 0.6 is 0 Å². The van der Waals surface area contributed by atoms with Crippen molar-refractivity contribution in [3.63, 3.8) is 0 Å². The van der Waals surface area contributed by atoms with E-state index in [1.165, 1.54) is 31.4 Å². The first-order valence-electron chi connectivity index (χ1n) is 7.17. The first kappa shape index (κ1) is 15.0. The molecule has 3 nitrogen and oxygen atoms in total. The Morgan fingerprint density at radius 3 is 2.65 bits per heavy atom. The molecular weight excluding hydrogens is 257 g/mol. The maximum absolute atomic E-state index is 13.6. The highest BCUT2D eigenvalue weighted by Gasteiger charge is 2.23. The Morgan fingerprint density at radius 1 is 1.30 bits per heavy atom. The Labute approximate surface area is 119 Å². The van der Waals surface area contributed by atoms with Crippen LogP contribution in [0.2, 0.25) is 0 Å². The molecule has 0 unspecified atom stereocenters. The van der Waals surface area contributed by atoms with Crippen LogP contribution in [0.25, 0.3) is 0 Å². The largest absolute Gasteiger partial charge is 0.348 e. The van der Waals surface area contributed by atoms with Crippen molar-refractivity contribution in [3.8, 4) is 6.07 Å². The van der Waals surface area contributed by atoms with E-state index >= 15 is 0 Å². The van der Waals surface area contributed by atoms with Crippen molar-refractivity contribution < 1.29 is 13.9 Å². The fraction of sp³-hybridized carbons (Fsp3) is 0.562. The Morgan fingerprint density at radius 2 is 2.05 bits per heavy atom. The van der Waals surface area contributed by atoms with E-state index in [4.69, 9.17) is 14.7 Å². The van der Waals surface area contributed by atoms with Gasteiger partial charge in [0.2, 0.25) is 0 Å². The van der Waals surface area contributed by atoms with Crippen molar-refractivity contribution >= 4 is 0 Å². The van der Waals surface area contributed by atoms with Crippen LogP contribution in [0.1, 0.15) is 50.0 Å². The summed E-state index contributed by atoms with van der Waals surface area (Å²) in [6.45, 7) is 3.48. The summed E-state index contributed by atoms with van der Waals surface area (Å²) < 4.78 is 24.9. The fourth-order valence-electron chi connectivity index (χ4n) is 2.35. The van der Waals surface area contributed by atoms with Crippen LogP contribution in [0, 0.1) is 23.1 Å². The second-order valence-electron chi connectivity index (χ2n) is 5.21. The minimum Gasteiger partial charge on any atom is -0.348 e. The number of nitrogens with zero attached hydrogens (tertiary/aromatic N) is 1. The minimum atomic E-state index is -0.526. The molecule has 0 amide bonds. The van der Waals surface area contributed by atoms with Crippen molar-refractivity contribution in [2.24, 2.45) is 5.92 Å². The summed E-state index contributed by atoms with van der Waals surface area (Å²) >= 11 is 0. The molecule has 0 aromatic heterocycles. The zero-order chi connectivity index (χ0) is 14.4. The van der Waals surface area contributed by atoms with E-state index in [9.17, 15) is 4.39 Å². The molecule has 108 valence electrons. The SMILES string of the molecule is CCCCCC1COC(c2ccc(C#N)c(F)c2)OC1. The number of ether oxygens (including phenoxy) is 2. The molecule has 1 heterocycles. The maximum Gasteiger partial charge on any atom is 0.183 e. The highest BCUT2D eigenvalue weighted by Crippen LogP contribution is 2.28. The standard InChI is InChI=1S/C16H20FNO2/c1-2-3-4-5-12-10-19-16(20-11-12)13-6-7-14(9-18)15(17)8-13/h6-8,12,16H,2-5,10-11H2,1H3. The van der Waals surface area contributed by atoms with Gasteiger partial charge in [-0.25, -0.2) is 4.39 Å². The average Bonchev–Trinajstić information content (AvgIpc) is 2.48. The monoisotopic (exact) mass is 277 g/mol. The van der Waals surface area contributed by atoms with Crippen LogP contribution in [0.15, 0.2) is 18.2 Å². The van der Waals surface area contributed by atoms with Crippen molar-refractivity contribution in [2.75, 3.05) is 13.2 Å². The zero-order valence-electron chi connectivity index (χ0n) is 11.8. The normalized spacial score (nSPS) is 22.4. The molecule has 1 aliphatic rings. The molecule has 0 N–H and O–H groups in total. The Kier molecular flexibility index (Phi) is 5.51. The van der Waals surface area contributed by atoms with E-state index in [1.807, 2.05) is 0 Å². The van der Waals surface area contributed by atoms with E-state index in [2.05, 4.69) is 6.92 Å². The lowest BCUT2D eigenvalue weighted by Gasteiger charge is -2.29. The number of nitriles is 1. The van der Waals surface area contributed by atoms with Gasteiger partial charge >= 0.3 is 0 Å². The number of benzene rings is 1. The third-order valence-corrected chi connectivity index (χ3v) is 3.57. The van der Waals surface area contributed by atoms with E-state index in [0.717, 1.165) is 6.42 Å². The van der Waals surface area contributed by atoms with Crippen molar-refractivity contribution in [2.45, 2.75) is 38.9 Å². The first-order chi connectivity index (χ1) is 9.74. The van der Waals surface area contributed by atoms with Gasteiger partial charge in [0.25, 0.3) is 0 Å². The molecular formula is C16H20FNO2. The second-order valence-corrected chi connectivity index (χ2v) is 5.21. The molecule has 1 aliphatic heterocycles. The molecule has 1 aromatic carbocycles. The van der Waals surface area contributed by atoms with E-state index in [0.29, 0.717) is 24.7 Å². The Balaban J connectivity index is 1.87. The molecule has 1 aromatic rings. The molecule has 0 spiro atoms. The molecule has 4 heteroatoms. The zero-order valence-corrected chi connectivity index (χ0v) is 11.8. The highest BCUT2D eigenvalue weighted by molar-refractivity contribution is 5.33.